The average molecular weight is 545 g/mol. The summed E-state index contributed by atoms with van der Waals surface area (Å²) in [6, 6.07) is 6.23. The third-order valence-corrected chi connectivity index (χ3v) is 10.1. The quantitative estimate of drug-likeness (QED) is 0.437. The number of fused-ring (bicyclic) bond motifs is 1. The van der Waals surface area contributed by atoms with Gasteiger partial charge in [0.25, 0.3) is 0 Å². The number of carbonyl (C=O) groups excluding carboxylic acids is 3. The number of hydrogen-bond donors (Lipinski definition) is 3. The summed E-state index contributed by atoms with van der Waals surface area (Å²) < 4.78 is -0.703. The monoisotopic (exact) mass is 543 g/mol. The molecular weight excluding hydrogens is 518 g/mol. The second kappa shape index (κ2) is 9.52. The Hall–Kier alpha value is -1.29. The molecule has 4 rings (SSSR count). The third-order valence-electron chi connectivity index (χ3n) is 6.58. The molecule has 3 saturated heterocycles. The van der Waals surface area contributed by atoms with E-state index < -0.39 is 22.6 Å². The molecule has 0 aliphatic carbocycles. The minimum absolute atomic E-state index is 0.0299. The van der Waals surface area contributed by atoms with Crippen LogP contribution in [0.5, 0.6) is 0 Å². The number of halogens is 2. The van der Waals surface area contributed by atoms with Crippen LogP contribution in [0.1, 0.15) is 26.2 Å². The summed E-state index contributed by atoms with van der Waals surface area (Å²) in [7, 11) is 0. The molecular formula is C22H27BrClN3O4S. The van der Waals surface area contributed by atoms with Crippen molar-refractivity contribution in [1.29, 1.82) is 0 Å². The number of alkyl halides is 1. The summed E-state index contributed by atoms with van der Waals surface area (Å²) in [5.74, 6) is -1.67. The van der Waals surface area contributed by atoms with Crippen LogP contribution >= 0.6 is 39.3 Å². The topological polar surface area (TPSA) is 98.7 Å². The molecule has 3 fully saturated rings. The Labute approximate surface area is 205 Å². The van der Waals surface area contributed by atoms with Crippen LogP contribution in [0.15, 0.2) is 24.3 Å². The first kappa shape index (κ1) is 23.9. The molecule has 3 aliphatic rings. The summed E-state index contributed by atoms with van der Waals surface area (Å²) in [5, 5.41) is 15.6. The van der Waals surface area contributed by atoms with Gasteiger partial charge in [-0.25, -0.2) is 0 Å². The first-order valence-electron chi connectivity index (χ1n) is 10.9. The van der Waals surface area contributed by atoms with Crippen LogP contribution in [-0.2, 0) is 14.4 Å². The Kier molecular flexibility index (Phi) is 7.10. The van der Waals surface area contributed by atoms with Gasteiger partial charge in [-0.3, -0.25) is 14.4 Å². The number of para-hydroxylation sites is 1. The number of aliphatic hydroxyl groups excluding tert-OH is 1. The number of rotatable bonds is 8. The zero-order chi connectivity index (χ0) is 23.0. The van der Waals surface area contributed by atoms with Gasteiger partial charge in [-0.05, 0) is 31.4 Å². The fourth-order valence-electron chi connectivity index (χ4n) is 5.34. The zero-order valence-electron chi connectivity index (χ0n) is 17.7. The lowest BCUT2D eigenvalue weighted by atomic mass is 9.70. The van der Waals surface area contributed by atoms with Crippen LogP contribution in [0.3, 0.4) is 0 Å². The summed E-state index contributed by atoms with van der Waals surface area (Å²) >= 11 is 11.6. The highest BCUT2D eigenvalue weighted by molar-refractivity contribution is 9.09. The van der Waals surface area contributed by atoms with Crippen LogP contribution in [0.4, 0.5) is 5.69 Å². The van der Waals surface area contributed by atoms with Gasteiger partial charge in [0.1, 0.15) is 6.04 Å². The van der Waals surface area contributed by atoms with Gasteiger partial charge in [0.2, 0.25) is 17.7 Å². The summed E-state index contributed by atoms with van der Waals surface area (Å²) in [6.45, 7) is 2.71. The molecule has 6 atom stereocenters. The van der Waals surface area contributed by atoms with E-state index in [0.29, 0.717) is 30.1 Å². The lowest BCUT2D eigenvalue weighted by molar-refractivity contribution is -0.139. The number of hydrogen-bond acceptors (Lipinski definition) is 5. The fraction of sp³-hybridized carbons (Fsp3) is 0.591. The highest BCUT2D eigenvalue weighted by atomic mass is 79.9. The molecule has 174 valence electrons. The van der Waals surface area contributed by atoms with Crippen molar-refractivity contribution < 1.29 is 19.5 Å². The van der Waals surface area contributed by atoms with Crippen molar-refractivity contribution in [3.05, 3.63) is 29.3 Å². The number of aliphatic hydroxyl groups is 1. The van der Waals surface area contributed by atoms with Crippen LogP contribution in [0.25, 0.3) is 0 Å². The maximum atomic E-state index is 13.6. The largest absolute Gasteiger partial charge is 0.396 e. The van der Waals surface area contributed by atoms with Crippen molar-refractivity contribution in [2.75, 3.05) is 25.0 Å². The van der Waals surface area contributed by atoms with E-state index >= 15 is 0 Å². The summed E-state index contributed by atoms with van der Waals surface area (Å²) in [5.41, 5.74) is 0.485. The Morgan fingerprint density at radius 2 is 2.09 bits per heavy atom. The minimum atomic E-state index is -0.748. The molecule has 3 heterocycles. The summed E-state index contributed by atoms with van der Waals surface area (Å²) in [4.78, 5) is 41.9. The maximum Gasteiger partial charge on any atom is 0.248 e. The van der Waals surface area contributed by atoms with Crippen LogP contribution in [0, 0.1) is 11.8 Å². The van der Waals surface area contributed by atoms with Gasteiger partial charge in [-0.2, -0.15) is 0 Å². The molecule has 10 heteroatoms. The Balaban J connectivity index is 1.70. The normalized spacial score (nSPS) is 32.8. The van der Waals surface area contributed by atoms with Crippen LogP contribution < -0.4 is 10.6 Å². The molecule has 1 spiro atoms. The van der Waals surface area contributed by atoms with E-state index in [0.717, 1.165) is 6.42 Å². The van der Waals surface area contributed by atoms with Crippen LogP contribution in [-0.4, -0.2) is 68.3 Å². The minimum Gasteiger partial charge on any atom is -0.396 e. The fourth-order valence-corrected chi connectivity index (χ4v) is 9.14. The number of likely N-dealkylation sites (tertiary alicyclic amines) is 1. The summed E-state index contributed by atoms with van der Waals surface area (Å²) in [6.07, 6.45) is 1.79. The SMILES string of the molecule is CCCNC(=O)[C@H]1[C@H]2C(=O)N(CCCO)C(C(=O)Nc3ccccc3Cl)C23CC(Br)[C@@H]1S3. The van der Waals surface area contributed by atoms with E-state index in [1.165, 1.54) is 0 Å². The van der Waals surface area contributed by atoms with Crippen molar-refractivity contribution in [2.45, 2.75) is 47.1 Å². The first-order chi connectivity index (χ1) is 15.4. The molecule has 3 aliphatic heterocycles. The van der Waals surface area contributed by atoms with Crippen molar-refractivity contribution in [3.8, 4) is 0 Å². The van der Waals surface area contributed by atoms with E-state index in [2.05, 4.69) is 26.6 Å². The van der Waals surface area contributed by atoms with Crippen molar-refractivity contribution >= 4 is 62.7 Å². The molecule has 0 aromatic heterocycles. The van der Waals surface area contributed by atoms with Gasteiger partial charge in [0, 0.05) is 29.8 Å². The maximum absolute atomic E-state index is 13.6. The van der Waals surface area contributed by atoms with Crippen molar-refractivity contribution in [3.63, 3.8) is 0 Å². The first-order valence-corrected chi connectivity index (χ1v) is 13.1. The van der Waals surface area contributed by atoms with E-state index in [1.807, 2.05) is 6.92 Å². The van der Waals surface area contributed by atoms with Gasteiger partial charge >= 0.3 is 0 Å². The molecule has 1 aromatic carbocycles. The van der Waals surface area contributed by atoms with Gasteiger partial charge < -0.3 is 20.6 Å². The zero-order valence-corrected chi connectivity index (χ0v) is 20.9. The van der Waals surface area contributed by atoms with Crippen LogP contribution in [0.2, 0.25) is 5.02 Å². The molecule has 0 radical (unpaired) electrons. The predicted octanol–water partition coefficient (Wildman–Crippen LogP) is 2.65. The van der Waals surface area contributed by atoms with Gasteiger partial charge in [0.05, 0.1) is 27.3 Å². The lowest BCUT2D eigenvalue weighted by Crippen LogP contribution is -2.53. The van der Waals surface area contributed by atoms with E-state index in [4.69, 9.17) is 11.6 Å². The predicted molar refractivity (Wildman–Crippen MR) is 129 cm³/mol. The van der Waals surface area contributed by atoms with Gasteiger partial charge in [-0.15, -0.1) is 11.8 Å². The lowest BCUT2D eigenvalue weighted by Gasteiger charge is -2.35. The molecule has 1 aromatic rings. The Morgan fingerprint density at radius 3 is 2.78 bits per heavy atom. The molecule has 3 unspecified atom stereocenters. The number of anilines is 1. The number of carbonyl (C=O) groups is 3. The standard InChI is InChI=1S/C22H27BrClN3O4S/c1-2-8-25-19(29)15-16-21(31)27(9-5-10-28)18(22(16)11-12(23)17(15)32-22)20(30)26-14-7-4-3-6-13(14)24/h3-4,6-7,12,15-18,28H,2,5,8-11H2,1H3,(H,25,29)(H,26,30)/t12?,15-,16-,17-,18?,22?/m0/s1. The number of amides is 3. The highest BCUT2D eigenvalue weighted by Gasteiger charge is 2.75. The number of nitrogens with zero attached hydrogens (tertiary/aromatic N) is 1. The van der Waals surface area contributed by atoms with E-state index in [-0.39, 0.29) is 41.0 Å². The molecule has 3 amide bonds. The second-order valence-corrected chi connectivity index (χ2v) is 11.7. The van der Waals surface area contributed by atoms with E-state index in [1.54, 1.807) is 40.9 Å². The molecule has 0 saturated carbocycles. The third kappa shape index (κ3) is 3.85. The van der Waals surface area contributed by atoms with Crippen molar-refractivity contribution in [2.24, 2.45) is 11.8 Å². The van der Waals surface area contributed by atoms with E-state index in [9.17, 15) is 19.5 Å². The number of thioether (sulfide) groups is 1. The number of benzene rings is 1. The second-order valence-electron chi connectivity index (χ2n) is 8.53. The molecule has 7 nitrogen and oxygen atoms in total. The highest BCUT2D eigenvalue weighted by Crippen LogP contribution is 2.67. The molecule has 2 bridgehead atoms. The average Bonchev–Trinajstić information content (AvgIpc) is 3.35. The smallest absolute Gasteiger partial charge is 0.248 e. The Morgan fingerprint density at radius 1 is 1.34 bits per heavy atom. The molecule has 32 heavy (non-hydrogen) atoms. The van der Waals surface area contributed by atoms with Crippen molar-refractivity contribution in [1.82, 2.24) is 10.2 Å². The Bertz CT molecular complexity index is 921. The molecule has 3 N–H and O–H groups in total. The van der Waals surface area contributed by atoms with Gasteiger partial charge in [-0.1, -0.05) is 46.6 Å². The number of nitrogens with one attached hydrogen (secondary N) is 2. The van der Waals surface area contributed by atoms with Gasteiger partial charge in [0.15, 0.2) is 0 Å².